The minimum Gasteiger partial charge on any atom is -0.484 e. The molecule has 0 bridgehead atoms. The summed E-state index contributed by atoms with van der Waals surface area (Å²) in [6.07, 6.45) is 1.34. The topological polar surface area (TPSA) is 55.4 Å². The van der Waals surface area contributed by atoms with Gasteiger partial charge in [-0.05, 0) is 31.0 Å². The van der Waals surface area contributed by atoms with Gasteiger partial charge in [0, 0.05) is 13.0 Å². The van der Waals surface area contributed by atoms with Crippen LogP contribution in [0.2, 0.25) is 0 Å². The molecule has 0 saturated carbocycles. The molecular weight excluding hydrogens is 230 g/mol. The maximum atomic E-state index is 11.4. The fourth-order valence-corrected chi connectivity index (χ4v) is 1.40. The Labute approximate surface area is 107 Å². The molecule has 0 fully saturated rings. The second kappa shape index (κ2) is 7.48. The van der Waals surface area contributed by atoms with Crippen molar-refractivity contribution in [2.45, 2.75) is 26.7 Å². The maximum absolute atomic E-state index is 11.4. The summed E-state index contributed by atoms with van der Waals surface area (Å²) in [5, 5.41) is 2.62. The first kappa shape index (κ1) is 14.2. The first-order chi connectivity index (χ1) is 8.61. The number of Topliss-reactive ketones (excluding diaryl/α,β-unsaturated/α-hetero) is 1. The van der Waals surface area contributed by atoms with Gasteiger partial charge in [0.2, 0.25) is 0 Å². The van der Waals surface area contributed by atoms with E-state index in [9.17, 15) is 9.59 Å². The maximum Gasteiger partial charge on any atom is 0.257 e. The molecule has 98 valence electrons. The average Bonchev–Trinajstić information content (AvgIpc) is 2.36. The number of ketones is 1. The largest absolute Gasteiger partial charge is 0.484 e. The molecule has 0 unspecified atom stereocenters. The molecule has 0 heterocycles. The zero-order chi connectivity index (χ0) is 13.4. The summed E-state index contributed by atoms with van der Waals surface area (Å²) in [7, 11) is 0. The summed E-state index contributed by atoms with van der Waals surface area (Å²) < 4.78 is 5.33. The monoisotopic (exact) mass is 249 g/mol. The fourth-order valence-electron chi connectivity index (χ4n) is 1.40. The summed E-state index contributed by atoms with van der Waals surface area (Å²) in [5.41, 5.74) is 1.23. The van der Waals surface area contributed by atoms with E-state index >= 15 is 0 Å². The van der Waals surface area contributed by atoms with Crippen LogP contribution in [0.15, 0.2) is 24.3 Å². The molecule has 0 atom stereocenters. The van der Waals surface area contributed by atoms with Crippen molar-refractivity contribution in [3.05, 3.63) is 29.8 Å². The number of rotatable bonds is 7. The van der Waals surface area contributed by atoms with Crippen LogP contribution < -0.4 is 10.1 Å². The number of aryl methyl sites for hydroxylation is 1. The van der Waals surface area contributed by atoms with Crippen LogP contribution >= 0.6 is 0 Å². The van der Waals surface area contributed by atoms with E-state index in [4.69, 9.17) is 4.74 Å². The van der Waals surface area contributed by atoms with Gasteiger partial charge in [0.05, 0.1) is 0 Å². The number of ether oxygens (including phenoxy) is 1. The molecule has 18 heavy (non-hydrogen) atoms. The van der Waals surface area contributed by atoms with Gasteiger partial charge in [-0.15, -0.1) is 0 Å². The van der Waals surface area contributed by atoms with Crippen molar-refractivity contribution >= 4 is 11.7 Å². The second-order valence-electron chi connectivity index (χ2n) is 4.09. The van der Waals surface area contributed by atoms with Crippen molar-refractivity contribution in [2.24, 2.45) is 0 Å². The highest BCUT2D eigenvalue weighted by molar-refractivity contribution is 5.79. The lowest BCUT2D eigenvalue weighted by molar-refractivity contribution is -0.123. The second-order valence-corrected chi connectivity index (χ2v) is 4.09. The third-order valence-corrected chi connectivity index (χ3v) is 2.50. The van der Waals surface area contributed by atoms with E-state index in [0.29, 0.717) is 18.7 Å². The molecule has 0 radical (unpaired) electrons. The molecule has 1 amide bonds. The molecule has 0 aromatic heterocycles. The number of nitrogens with one attached hydrogen (secondary N) is 1. The Hall–Kier alpha value is -1.84. The first-order valence-electron chi connectivity index (χ1n) is 6.09. The van der Waals surface area contributed by atoms with E-state index in [-0.39, 0.29) is 18.3 Å². The lowest BCUT2D eigenvalue weighted by atomic mass is 10.2. The third-order valence-electron chi connectivity index (χ3n) is 2.50. The Balaban J connectivity index is 2.26. The zero-order valence-electron chi connectivity index (χ0n) is 10.9. The predicted octanol–water partition coefficient (Wildman–Crippen LogP) is 1.72. The van der Waals surface area contributed by atoms with E-state index in [1.165, 1.54) is 12.5 Å². The van der Waals surface area contributed by atoms with Crippen LogP contribution in [0.3, 0.4) is 0 Å². The van der Waals surface area contributed by atoms with Gasteiger partial charge >= 0.3 is 0 Å². The Morgan fingerprint density at radius 3 is 2.44 bits per heavy atom. The summed E-state index contributed by atoms with van der Waals surface area (Å²) >= 11 is 0. The molecule has 0 saturated heterocycles. The average molecular weight is 249 g/mol. The molecule has 4 nitrogen and oxygen atoms in total. The molecular formula is C14H19NO3. The number of hydrogen-bond donors (Lipinski definition) is 1. The van der Waals surface area contributed by atoms with E-state index in [1.54, 1.807) is 0 Å². The molecule has 1 N–H and O–H groups in total. The third kappa shape index (κ3) is 5.48. The minimum absolute atomic E-state index is 0.0244. The molecule has 4 heteroatoms. The van der Waals surface area contributed by atoms with Crippen LogP contribution in [0.1, 0.15) is 25.8 Å². The van der Waals surface area contributed by atoms with E-state index in [0.717, 1.165) is 6.42 Å². The van der Waals surface area contributed by atoms with Gasteiger partial charge in [-0.1, -0.05) is 19.1 Å². The van der Waals surface area contributed by atoms with Crippen molar-refractivity contribution in [2.75, 3.05) is 13.2 Å². The molecule has 0 aliphatic heterocycles. The van der Waals surface area contributed by atoms with Gasteiger partial charge in [-0.25, -0.2) is 0 Å². The van der Waals surface area contributed by atoms with Crippen LogP contribution in [0, 0.1) is 0 Å². The molecule has 1 aromatic rings. The van der Waals surface area contributed by atoms with E-state index in [2.05, 4.69) is 12.2 Å². The van der Waals surface area contributed by atoms with Crippen LogP contribution in [-0.2, 0) is 16.0 Å². The lowest BCUT2D eigenvalue weighted by Crippen LogP contribution is -2.30. The Morgan fingerprint density at radius 2 is 1.89 bits per heavy atom. The number of carbonyl (C=O) groups excluding carboxylic acids is 2. The highest BCUT2D eigenvalue weighted by Gasteiger charge is 2.02. The van der Waals surface area contributed by atoms with Crippen LogP contribution in [0.25, 0.3) is 0 Å². The zero-order valence-corrected chi connectivity index (χ0v) is 10.9. The molecule has 1 aromatic carbocycles. The lowest BCUT2D eigenvalue weighted by Gasteiger charge is -2.07. The first-order valence-corrected chi connectivity index (χ1v) is 6.09. The minimum atomic E-state index is -0.212. The van der Waals surface area contributed by atoms with Crippen molar-refractivity contribution in [1.29, 1.82) is 0 Å². The highest BCUT2D eigenvalue weighted by Crippen LogP contribution is 2.12. The van der Waals surface area contributed by atoms with Gasteiger partial charge in [-0.3, -0.25) is 9.59 Å². The standard InChI is InChI=1S/C14H19NO3/c1-3-12-4-6-13(7-5-12)18-10-14(17)15-9-8-11(2)16/h4-7H,3,8-10H2,1-2H3,(H,15,17). The Morgan fingerprint density at radius 1 is 1.22 bits per heavy atom. The van der Waals surface area contributed by atoms with E-state index < -0.39 is 0 Å². The number of benzene rings is 1. The predicted molar refractivity (Wildman–Crippen MR) is 69.6 cm³/mol. The van der Waals surface area contributed by atoms with Gasteiger partial charge in [0.15, 0.2) is 6.61 Å². The van der Waals surface area contributed by atoms with Gasteiger partial charge < -0.3 is 10.1 Å². The summed E-state index contributed by atoms with van der Waals surface area (Å²) in [6.45, 7) is 3.92. The van der Waals surface area contributed by atoms with Crippen molar-refractivity contribution in [3.8, 4) is 5.75 Å². The fraction of sp³-hybridized carbons (Fsp3) is 0.429. The molecule has 0 aliphatic rings. The number of carbonyl (C=O) groups is 2. The summed E-state index contributed by atoms with van der Waals surface area (Å²) in [4.78, 5) is 22.1. The molecule has 1 rings (SSSR count). The SMILES string of the molecule is CCc1ccc(OCC(=O)NCCC(C)=O)cc1. The van der Waals surface area contributed by atoms with Gasteiger partial charge in [-0.2, -0.15) is 0 Å². The normalized spacial score (nSPS) is 9.89. The van der Waals surface area contributed by atoms with Crippen LogP contribution in [0.5, 0.6) is 5.75 Å². The quantitative estimate of drug-likeness (QED) is 0.800. The summed E-state index contributed by atoms with van der Waals surface area (Å²) in [5.74, 6) is 0.524. The van der Waals surface area contributed by atoms with Crippen molar-refractivity contribution in [1.82, 2.24) is 5.32 Å². The van der Waals surface area contributed by atoms with Crippen LogP contribution in [-0.4, -0.2) is 24.8 Å². The summed E-state index contributed by atoms with van der Waals surface area (Å²) in [6, 6.07) is 7.65. The smallest absolute Gasteiger partial charge is 0.257 e. The van der Waals surface area contributed by atoms with Gasteiger partial charge in [0.1, 0.15) is 11.5 Å². The van der Waals surface area contributed by atoms with Gasteiger partial charge in [0.25, 0.3) is 5.91 Å². The number of hydrogen-bond acceptors (Lipinski definition) is 3. The Kier molecular flexibility index (Phi) is 5.91. The van der Waals surface area contributed by atoms with Crippen molar-refractivity contribution in [3.63, 3.8) is 0 Å². The van der Waals surface area contributed by atoms with E-state index in [1.807, 2.05) is 24.3 Å². The van der Waals surface area contributed by atoms with Crippen LogP contribution in [0.4, 0.5) is 0 Å². The molecule has 0 spiro atoms. The number of amides is 1. The Bertz CT molecular complexity index is 398. The highest BCUT2D eigenvalue weighted by atomic mass is 16.5. The molecule has 0 aliphatic carbocycles. The van der Waals surface area contributed by atoms with Crippen molar-refractivity contribution < 1.29 is 14.3 Å².